The molecule has 0 radical (unpaired) electrons. The number of likely N-dealkylation sites (N-methyl/N-ethyl adjacent to an activating group) is 1. The third-order valence-corrected chi connectivity index (χ3v) is 7.58. The van der Waals surface area contributed by atoms with Crippen molar-refractivity contribution in [1.82, 2.24) is 4.90 Å². The molecule has 36 heavy (non-hydrogen) atoms. The van der Waals surface area contributed by atoms with Crippen LogP contribution in [0.4, 0.5) is 0 Å². The summed E-state index contributed by atoms with van der Waals surface area (Å²) < 4.78 is 0. The van der Waals surface area contributed by atoms with Crippen LogP contribution in [0.2, 0.25) is 0 Å². The van der Waals surface area contributed by atoms with E-state index in [1.54, 1.807) is 0 Å². The van der Waals surface area contributed by atoms with Crippen LogP contribution in [0.5, 0.6) is 11.5 Å². The Kier molecular flexibility index (Phi) is 8.60. The monoisotopic (exact) mass is 492 g/mol. The van der Waals surface area contributed by atoms with Crippen molar-refractivity contribution >= 4 is 6.21 Å². The minimum Gasteiger partial charge on any atom is -0.507 e. The van der Waals surface area contributed by atoms with Gasteiger partial charge in [-0.05, 0) is 61.3 Å². The molecule has 0 spiro atoms. The minimum atomic E-state index is -0.132. The van der Waals surface area contributed by atoms with Crippen LogP contribution in [0.15, 0.2) is 29.3 Å². The minimum absolute atomic E-state index is 0.110. The number of rotatable bonds is 6. The van der Waals surface area contributed by atoms with Gasteiger partial charge >= 0.3 is 0 Å². The Morgan fingerprint density at radius 1 is 0.861 bits per heavy atom. The molecule has 1 saturated carbocycles. The van der Waals surface area contributed by atoms with Crippen molar-refractivity contribution in [3.8, 4) is 11.5 Å². The highest BCUT2D eigenvalue weighted by molar-refractivity contribution is 5.85. The van der Waals surface area contributed by atoms with Gasteiger partial charge in [0.25, 0.3) is 0 Å². The van der Waals surface area contributed by atoms with Gasteiger partial charge < -0.3 is 10.2 Å². The zero-order valence-electron chi connectivity index (χ0n) is 24.1. The van der Waals surface area contributed by atoms with Crippen LogP contribution in [0, 0.1) is 13.8 Å². The van der Waals surface area contributed by atoms with Gasteiger partial charge in [0.05, 0.1) is 6.04 Å². The summed E-state index contributed by atoms with van der Waals surface area (Å²) in [6.45, 7) is 20.9. The number of aryl methyl sites for hydroxylation is 2. The maximum Gasteiger partial charge on any atom is 0.128 e. The first kappa shape index (κ1) is 28.2. The van der Waals surface area contributed by atoms with Crippen LogP contribution >= 0.6 is 0 Å². The molecule has 198 valence electrons. The maximum absolute atomic E-state index is 11.2. The van der Waals surface area contributed by atoms with Gasteiger partial charge in [-0.1, -0.05) is 85.1 Å². The Morgan fingerprint density at radius 2 is 1.42 bits per heavy atom. The SMILES string of the molecule is CCN(Cc1cc(C)cc(C(C)(C)C)c1O)[C@@H]1CCCC[C@H]1N=Cc1cc(C)cc(C(C)(C)C)c1O. The van der Waals surface area contributed by atoms with E-state index in [-0.39, 0.29) is 16.9 Å². The zero-order valence-corrected chi connectivity index (χ0v) is 24.1. The lowest BCUT2D eigenvalue weighted by Gasteiger charge is -2.38. The third kappa shape index (κ3) is 6.51. The van der Waals surface area contributed by atoms with Gasteiger partial charge in [0.2, 0.25) is 0 Å². The van der Waals surface area contributed by atoms with Crippen molar-refractivity contribution in [3.05, 3.63) is 57.6 Å². The van der Waals surface area contributed by atoms with Crippen molar-refractivity contribution in [3.63, 3.8) is 0 Å². The Balaban J connectivity index is 1.90. The van der Waals surface area contributed by atoms with Gasteiger partial charge in [0, 0.05) is 35.5 Å². The molecule has 4 heteroatoms. The summed E-state index contributed by atoms with van der Waals surface area (Å²) in [5.74, 6) is 0.776. The fourth-order valence-corrected chi connectivity index (χ4v) is 5.57. The van der Waals surface area contributed by atoms with Gasteiger partial charge in [-0.25, -0.2) is 0 Å². The Morgan fingerprint density at radius 3 is 2.00 bits per heavy atom. The van der Waals surface area contributed by atoms with Crippen LogP contribution in [-0.2, 0) is 17.4 Å². The van der Waals surface area contributed by atoms with Gasteiger partial charge in [-0.15, -0.1) is 0 Å². The van der Waals surface area contributed by atoms with Crippen LogP contribution < -0.4 is 0 Å². The van der Waals surface area contributed by atoms with Crippen molar-refractivity contribution in [2.75, 3.05) is 6.54 Å². The van der Waals surface area contributed by atoms with E-state index in [1.807, 2.05) is 12.3 Å². The molecular weight excluding hydrogens is 444 g/mol. The van der Waals surface area contributed by atoms with Crippen molar-refractivity contribution in [2.45, 2.75) is 117 Å². The van der Waals surface area contributed by atoms with E-state index in [0.717, 1.165) is 47.2 Å². The van der Waals surface area contributed by atoms with Crippen molar-refractivity contribution < 1.29 is 10.2 Å². The van der Waals surface area contributed by atoms with E-state index in [0.29, 0.717) is 24.1 Å². The topological polar surface area (TPSA) is 56.1 Å². The summed E-state index contributed by atoms with van der Waals surface area (Å²) in [4.78, 5) is 7.56. The maximum atomic E-state index is 11.2. The number of hydrogen-bond acceptors (Lipinski definition) is 4. The van der Waals surface area contributed by atoms with Crippen LogP contribution in [0.25, 0.3) is 0 Å². The smallest absolute Gasteiger partial charge is 0.128 e. The largest absolute Gasteiger partial charge is 0.507 e. The molecule has 0 aliphatic heterocycles. The average molecular weight is 493 g/mol. The number of nitrogens with zero attached hydrogens (tertiary/aromatic N) is 2. The Hall–Kier alpha value is -2.33. The lowest BCUT2D eigenvalue weighted by molar-refractivity contribution is 0.136. The third-order valence-electron chi connectivity index (χ3n) is 7.58. The molecule has 1 fully saturated rings. The van der Waals surface area contributed by atoms with Crippen LogP contribution in [0.3, 0.4) is 0 Å². The number of hydrogen-bond donors (Lipinski definition) is 2. The van der Waals surface area contributed by atoms with E-state index in [2.05, 4.69) is 85.4 Å². The lowest BCUT2D eigenvalue weighted by Crippen LogP contribution is -2.44. The molecule has 0 aromatic heterocycles. The molecule has 0 bridgehead atoms. The summed E-state index contributed by atoms with van der Waals surface area (Å²) in [7, 11) is 0. The lowest BCUT2D eigenvalue weighted by atomic mass is 9.83. The van der Waals surface area contributed by atoms with E-state index >= 15 is 0 Å². The number of aliphatic imine (C=N–C) groups is 1. The molecule has 2 aromatic carbocycles. The second kappa shape index (κ2) is 11.0. The molecule has 0 unspecified atom stereocenters. The summed E-state index contributed by atoms with van der Waals surface area (Å²) in [6.07, 6.45) is 6.41. The van der Waals surface area contributed by atoms with Crippen LogP contribution in [-0.4, -0.2) is 40.0 Å². The van der Waals surface area contributed by atoms with Gasteiger partial charge in [-0.3, -0.25) is 9.89 Å². The number of benzene rings is 2. The van der Waals surface area contributed by atoms with E-state index in [1.165, 1.54) is 18.4 Å². The van der Waals surface area contributed by atoms with Gasteiger partial charge in [0.1, 0.15) is 11.5 Å². The molecule has 4 nitrogen and oxygen atoms in total. The second-order valence-corrected chi connectivity index (χ2v) is 12.8. The highest BCUT2D eigenvalue weighted by atomic mass is 16.3. The molecule has 3 rings (SSSR count). The van der Waals surface area contributed by atoms with Gasteiger partial charge in [-0.2, -0.15) is 0 Å². The Labute approximate surface area is 219 Å². The van der Waals surface area contributed by atoms with E-state index in [4.69, 9.17) is 4.99 Å². The standard InChI is InChI=1S/C32H48N2O2/c1-10-34(20-24-16-22(3)18-26(30(24)36)32(7,8)9)28-14-12-11-13-27(28)33-19-23-15-21(2)17-25(29(23)35)31(4,5)6/h15-19,27-28,35-36H,10-14,20H2,1-9H3/t27-,28-/m1/s1. The fraction of sp³-hybridized carbons (Fsp3) is 0.594. The highest BCUT2D eigenvalue weighted by Gasteiger charge is 2.30. The first-order valence-corrected chi connectivity index (χ1v) is 13.7. The number of phenols is 2. The van der Waals surface area contributed by atoms with Crippen molar-refractivity contribution in [1.29, 1.82) is 0 Å². The second-order valence-electron chi connectivity index (χ2n) is 12.8. The Bertz CT molecular complexity index is 1090. The predicted molar refractivity (Wildman–Crippen MR) is 153 cm³/mol. The summed E-state index contributed by atoms with van der Waals surface area (Å²) in [6, 6.07) is 8.84. The van der Waals surface area contributed by atoms with E-state index in [9.17, 15) is 10.2 Å². The normalized spacial score (nSPS) is 19.4. The molecular formula is C32H48N2O2. The quantitative estimate of drug-likeness (QED) is 0.409. The van der Waals surface area contributed by atoms with Gasteiger partial charge in [0.15, 0.2) is 0 Å². The predicted octanol–water partition coefficient (Wildman–Crippen LogP) is 7.56. The molecule has 0 heterocycles. The molecule has 2 atom stereocenters. The average Bonchev–Trinajstić information content (AvgIpc) is 2.78. The van der Waals surface area contributed by atoms with E-state index < -0.39 is 0 Å². The zero-order chi connectivity index (χ0) is 26.8. The number of aromatic hydroxyl groups is 2. The fourth-order valence-electron chi connectivity index (χ4n) is 5.57. The molecule has 1 aliphatic carbocycles. The van der Waals surface area contributed by atoms with Crippen molar-refractivity contribution in [2.24, 2.45) is 4.99 Å². The first-order chi connectivity index (χ1) is 16.7. The number of phenolic OH excluding ortho intramolecular Hbond substituents is 2. The summed E-state index contributed by atoms with van der Waals surface area (Å²) >= 11 is 0. The molecule has 1 aliphatic rings. The summed E-state index contributed by atoms with van der Waals surface area (Å²) in [5.41, 5.74) is 5.86. The molecule has 0 saturated heterocycles. The first-order valence-electron chi connectivity index (χ1n) is 13.7. The molecule has 2 N–H and O–H groups in total. The molecule has 0 amide bonds. The van der Waals surface area contributed by atoms with Crippen LogP contribution in [0.1, 0.15) is 108 Å². The highest BCUT2D eigenvalue weighted by Crippen LogP contribution is 2.37. The molecule has 2 aromatic rings. The summed E-state index contributed by atoms with van der Waals surface area (Å²) in [5, 5.41) is 22.2.